The maximum absolute atomic E-state index is 12.0. The van der Waals surface area contributed by atoms with Crippen LogP contribution in [0, 0.1) is 0 Å². The number of carbonyl (C=O) groups is 1. The van der Waals surface area contributed by atoms with Crippen molar-refractivity contribution in [2.45, 2.75) is 19.5 Å². The van der Waals surface area contributed by atoms with Crippen molar-refractivity contribution in [2.75, 3.05) is 0 Å². The van der Waals surface area contributed by atoms with E-state index in [-0.39, 0.29) is 6.42 Å². The van der Waals surface area contributed by atoms with E-state index in [1.807, 2.05) is 0 Å². The Morgan fingerprint density at radius 1 is 1.75 bits per heavy atom. The summed E-state index contributed by atoms with van der Waals surface area (Å²) in [5.41, 5.74) is 0.662. The Labute approximate surface area is 72.9 Å². The molecule has 0 aromatic carbocycles. The molecule has 1 heterocycles. The van der Waals surface area contributed by atoms with Gasteiger partial charge in [-0.1, -0.05) is 0 Å². The number of alkyl halides is 1. The maximum atomic E-state index is 12.0. The van der Waals surface area contributed by atoms with Crippen molar-refractivity contribution < 1.29 is 14.3 Å². The van der Waals surface area contributed by atoms with Gasteiger partial charge in [-0.2, -0.15) is 0 Å². The van der Waals surface area contributed by atoms with Gasteiger partial charge in [-0.3, -0.25) is 4.79 Å². The highest BCUT2D eigenvalue weighted by Crippen LogP contribution is 2.11. The van der Waals surface area contributed by atoms with E-state index in [2.05, 4.69) is 4.98 Å². The monoisotopic (exact) mass is 189 g/mol. The number of halogens is 1. The SMILES string of the molecule is O=C(O)CCc1csc(CF)n1. The molecule has 0 amide bonds. The number of hydrogen-bond donors (Lipinski definition) is 1. The summed E-state index contributed by atoms with van der Waals surface area (Å²) in [5.74, 6) is -0.857. The summed E-state index contributed by atoms with van der Waals surface area (Å²) in [5, 5.41) is 10.4. The lowest BCUT2D eigenvalue weighted by Gasteiger charge is -1.89. The molecule has 1 N–H and O–H groups in total. The average molecular weight is 189 g/mol. The number of carboxylic acid groups (broad SMARTS) is 1. The fourth-order valence-electron chi connectivity index (χ4n) is 0.760. The molecule has 0 fully saturated rings. The third kappa shape index (κ3) is 2.58. The van der Waals surface area contributed by atoms with Crippen LogP contribution in [0.5, 0.6) is 0 Å². The van der Waals surface area contributed by atoms with Crippen LogP contribution in [0.4, 0.5) is 4.39 Å². The molecule has 0 bridgehead atoms. The quantitative estimate of drug-likeness (QED) is 0.783. The molecule has 12 heavy (non-hydrogen) atoms. The lowest BCUT2D eigenvalue weighted by atomic mass is 10.2. The van der Waals surface area contributed by atoms with Crippen LogP contribution in [-0.2, 0) is 17.9 Å². The van der Waals surface area contributed by atoms with Gasteiger partial charge in [0, 0.05) is 11.8 Å². The number of carboxylic acids is 1. The van der Waals surface area contributed by atoms with Gasteiger partial charge in [0.2, 0.25) is 0 Å². The molecule has 0 atom stereocenters. The molecule has 0 unspecified atom stereocenters. The van der Waals surface area contributed by atoms with E-state index in [0.29, 0.717) is 17.1 Å². The van der Waals surface area contributed by atoms with Gasteiger partial charge in [0.25, 0.3) is 0 Å². The zero-order valence-corrected chi connectivity index (χ0v) is 7.10. The summed E-state index contributed by atoms with van der Waals surface area (Å²) in [6, 6.07) is 0. The predicted molar refractivity (Wildman–Crippen MR) is 42.9 cm³/mol. The van der Waals surface area contributed by atoms with Crippen LogP contribution in [0.1, 0.15) is 17.1 Å². The van der Waals surface area contributed by atoms with E-state index in [1.54, 1.807) is 5.38 Å². The third-order valence-electron chi connectivity index (χ3n) is 1.31. The lowest BCUT2D eigenvalue weighted by molar-refractivity contribution is -0.136. The van der Waals surface area contributed by atoms with Crippen molar-refractivity contribution in [3.63, 3.8) is 0 Å². The van der Waals surface area contributed by atoms with Gasteiger partial charge in [-0.05, 0) is 0 Å². The second kappa shape index (κ2) is 4.15. The van der Waals surface area contributed by atoms with Crippen molar-refractivity contribution >= 4 is 17.3 Å². The van der Waals surface area contributed by atoms with E-state index < -0.39 is 12.6 Å². The van der Waals surface area contributed by atoms with Crippen LogP contribution < -0.4 is 0 Å². The fraction of sp³-hybridized carbons (Fsp3) is 0.429. The Kier molecular flexibility index (Phi) is 3.16. The molecular formula is C7H8FNO2S. The summed E-state index contributed by atoms with van der Waals surface area (Å²) in [7, 11) is 0. The Morgan fingerprint density at radius 2 is 2.50 bits per heavy atom. The standard InChI is InChI=1S/C7H8FNO2S/c8-3-6-9-5(4-12-6)1-2-7(10)11/h4H,1-3H2,(H,10,11). The Balaban J connectivity index is 2.47. The summed E-state index contributed by atoms with van der Waals surface area (Å²) < 4.78 is 12.0. The Morgan fingerprint density at radius 3 is 3.00 bits per heavy atom. The van der Waals surface area contributed by atoms with Crippen molar-refractivity contribution in [2.24, 2.45) is 0 Å². The second-order valence-corrected chi connectivity index (χ2v) is 3.20. The third-order valence-corrected chi connectivity index (χ3v) is 2.17. The zero-order chi connectivity index (χ0) is 8.97. The van der Waals surface area contributed by atoms with Gasteiger partial charge in [0.05, 0.1) is 12.1 Å². The topological polar surface area (TPSA) is 50.2 Å². The highest BCUT2D eigenvalue weighted by Gasteiger charge is 2.03. The van der Waals surface area contributed by atoms with E-state index >= 15 is 0 Å². The number of hydrogen-bond acceptors (Lipinski definition) is 3. The molecule has 0 saturated carbocycles. The van der Waals surface area contributed by atoms with E-state index in [0.717, 1.165) is 0 Å². The van der Waals surface area contributed by atoms with Gasteiger partial charge in [0.1, 0.15) is 11.7 Å². The molecule has 1 aromatic heterocycles. The summed E-state index contributed by atoms with van der Waals surface area (Å²) in [6.45, 7) is -0.572. The number of nitrogens with zero attached hydrogens (tertiary/aromatic N) is 1. The molecule has 0 aliphatic rings. The van der Waals surface area contributed by atoms with Crippen molar-refractivity contribution in [3.05, 3.63) is 16.1 Å². The minimum Gasteiger partial charge on any atom is -0.481 e. The first-order valence-electron chi connectivity index (χ1n) is 3.43. The number of aryl methyl sites for hydroxylation is 1. The van der Waals surface area contributed by atoms with Crippen molar-refractivity contribution in [1.82, 2.24) is 4.98 Å². The van der Waals surface area contributed by atoms with Crippen LogP contribution >= 0.6 is 11.3 Å². The van der Waals surface area contributed by atoms with Gasteiger partial charge in [0.15, 0.2) is 0 Å². The lowest BCUT2D eigenvalue weighted by Crippen LogP contribution is -1.97. The van der Waals surface area contributed by atoms with Gasteiger partial charge in [-0.15, -0.1) is 11.3 Å². The zero-order valence-electron chi connectivity index (χ0n) is 6.29. The molecule has 1 aromatic rings. The summed E-state index contributed by atoms with van der Waals surface area (Å²) in [4.78, 5) is 14.0. The molecule has 66 valence electrons. The van der Waals surface area contributed by atoms with E-state index in [9.17, 15) is 9.18 Å². The molecular weight excluding hydrogens is 181 g/mol. The molecule has 0 aliphatic heterocycles. The first-order valence-corrected chi connectivity index (χ1v) is 4.31. The molecule has 3 nitrogen and oxygen atoms in total. The maximum Gasteiger partial charge on any atom is 0.303 e. The van der Waals surface area contributed by atoms with Crippen LogP contribution in [0.2, 0.25) is 0 Å². The van der Waals surface area contributed by atoms with Crippen molar-refractivity contribution in [3.8, 4) is 0 Å². The van der Waals surface area contributed by atoms with E-state index in [1.165, 1.54) is 11.3 Å². The number of aromatic nitrogens is 1. The van der Waals surface area contributed by atoms with Gasteiger partial charge < -0.3 is 5.11 Å². The van der Waals surface area contributed by atoms with Crippen LogP contribution in [0.25, 0.3) is 0 Å². The van der Waals surface area contributed by atoms with Gasteiger partial charge in [-0.25, -0.2) is 9.37 Å². The molecule has 0 saturated heterocycles. The largest absolute Gasteiger partial charge is 0.481 e. The number of rotatable bonds is 4. The first kappa shape index (κ1) is 9.12. The number of aliphatic carboxylic acids is 1. The van der Waals surface area contributed by atoms with Crippen LogP contribution in [0.3, 0.4) is 0 Å². The molecule has 5 heteroatoms. The van der Waals surface area contributed by atoms with Crippen LogP contribution in [-0.4, -0.2) is 16.1 Å². The Bertz CT molecular complexity index is 274. The molecule has 1 rings (SSSR count). The van der Waals surface area contributed by atoms with E-state index in [4.69, 9.17) is 5.11 Å². The molecule has 0 aliphatic carbocycles. The predicted octanol–water partition coefficient (Wildman–Crippen LogP) is 1.63. The molecule has 0 radical (unpaired) electrons. The summed E-state index contributed by atoms with van der Waals surface area (Å²) >= 11 is 1.22. The minimum absolute atomic E-state index is 0.0511. The minimum atomic E-state index is -0.857. The number of thiazole rings is 1. The highest BCUT2D eigenvalue weighted by molar-refractivity contribution is 7.09. The van der Waals surface area contributed by atoms with Crippen molar-refractivity contribution in [1.29, 1.82) is 0 Å². The summed E-state index contributed by atoms with van der Waals surface area (Å²) in [6.07, 6.45) is 0.432. The highest BCUT2D eigenvalue weighted by atomic mass is 32.1. The Hall–Kier alpha value is -0.970. The fourth-order valence-corrected chi connectivity index (χ4v) is 1.44. The average Bonchev–Trinajstić information content (AvgIpc) is 2.48. The van der Waals surface area contributed by atoms with Crippen LogP contribution in [0.15, 0.2) is 5.38 Å². The normalized spacial score (nSPS) is 10.1. The second-order valence-electron chi connectivity index (χ2n) is 2.26. The van der Waals surface area contributed by atoms with Gasteiger partial charge >= 0.3 is 5.97 Å². The smallest absolute Gasteiger partial charge is 0.303 e. The first-order chi connectivity index (χ1) is 5.72. The molecule has 0 spiro atoms.